The first-order valence-electron chi connectivity index (χ1n) is 8.95. The number of nitrogens with one attached hydrogen (secondary N) is 1. The van der Waals surface area contributed by atoms with Crippen LogP contribution in [0.1, 0.15) is 32.5 Å². The van der Waals surface area contributed by atoms with E-state index in [4.69, 9.17) is 0 Å². The molecule has 0 bridgehead atoms. The molecule has 1 amide bonds. The number of hydrogen-bond donors (Lipinski definition) is 1. The van der Waals surface area contributed by atoms with Crippen molar-refractivity contribution in [2.45, 2.75) is 33.2 Å². The number of fused-ring (bicyclic) bond motifs is 1. The lowest BCUT2D eigenvalue weighted by Gasteiger charge is -2.36. The van der Waals surface area contributed by atoms with Gasteiger partial charge in [-0.2, -0.15) is 5.10 Å². The van der Waals surface area contributed by atoms with Gasteiger partial charge in [-0.15, -0.1) is 0 Å². The average molecular weight is 346 g/mol. The molecule has 25 heavy (non-hydrogen) atoms. The molecule has 1 N–H and O–H groups in total. The van der Waals surface area contributed by atoms with Gasteiger partial charge in [0.05, 0.1) is 12.7 Å². The molecule has 8 nitrogen and oxygen atoms in total. The zero-order valence-corrected chi connectivity index (χ0v) is 15.2. The molecule has 0 atom stereocenters. The van der Waals surface area contributed by atoms with Crippen molar-refractivity contribution in [2.24, 2.45) is 13.0 Å². The van der Waals surface area contributed by atoms with E-state index in [-0.39, 0.29) is 17.4 Å². The molecule has 1 aliphatic heterocycles. The Balaban J connectivity index is 1.64. The molecule has 1 saturated heterocycles. The summed E-state index contributed by atoms with van der Waals surface area (Å²) in [5.41, 5.74) is 0.442. The van der Waals surface area contributed by atoms with Crippen LogP contribution < -0.4 is 5.56 Å². The van der Waals surface area contributed by atoms with Crippen molar-refractivity contribution in [1.82, 2.24) is 29.5 Å². The third kappa shape index (κ3) is 3.58. The van der Waals surface area contributed by atoms with Crippen molar-refractivity contribution in [2.75, 3.05) is 26.2 Å². The van der Waals surface area contributed by atoms with Gasteiger partial charge in [0.2, 0.25) is 5.91 Å². The van der Waals surface area contributed by atoms with E-state index >= 15 is 0 Å². The van der Waals surface area contributed by atoms with E-state index in [0.29, 0.717) is 23.4 Å². The van der Waals surface area contributed by atoms with Crippen molar-refractivity contribution in [1.29, 1.82) is 0 Å². The van der Waals surface area contributed by atoms with Gasteiger partial charge in [-0.25, -0.2) is 4.98 Å². The number of carbonyl (C=O) groups is 1. The lowest BCUT2D eigenvalue weighted by molar-refractivity contribution is -0.137. The van der Waals surface area contributed by atoms with Crippen molar-refractivity contribution < 1.29 is 4.79 Å². The quantitative estimate of drug-likeness (QED) is 0.863. The van der Waals surface area contributed by atoms with E-state index in [9.17, 15) is 9.59 Å². The SMILES string of the molecule is CCC(CC)C(=O)N1CCN(Cc2nc3c(cnn3C)c(=O)[nH]2)CC1. The van der Waals surface area contributed by atoms with E-state index in [0.717, 1.165) is 39.0 Å². The van der Waals surface area contributed by atoms with Gasteiger partial charge in [0.15, 0.2) is 5.65 Å². The van der Waals surface area contributed by atoms with Gasteiger partial charge in [-0.1, -0.05) is 13.8 Å². The molecule has 1 aliphatic rings. The molecule has 3 heterocycles. The number of piperazine rings is 1. The molecule has 1 fully saturated rings. The molecule has 0 unspecified atom stereocenters. The normalized spacial score (nSPS) is 16.1. The fraction of sp³-hybridized carbons (Fsp3) is 0.647. The van der Waals surface area contributed by atoms with Crippen molar-refractivity contribution in [3.63, 3.8) is 0 Å². The first kappa shape index (κ1) is 17.6. The highest BCUT2D eigenvalue weighted by Crippen LogP contribution is 2.15. The molecule has 0 spiro atoms. The van der Waals surface area contributed by atoms with E-state index in [1.54, 1.807) is 11.7 Å². The highest BCUT2D eigenvalue weighted by Gasteiger charge is 2.25. The fourth-order valence-corrected chi connectivity index (χ4v) is 3.39. The summed E-state index contributed by atoms with van der Waals surface area (Å²) < 4.78 is 1.61. The van der Waals surface area contributed by atoms with Gasteiger partial charge in [0, 0.05) is 39.1 Å². The second-order valence-corrected chi connectivity index (χ2v) is 6.63. The van der Waals surface area contributed by atoms with Gasteiger partial charge in [0.1, 0.15) is 11.2 Å². The molecule has 2 aromatic heterocycles. The number of nitrogens with zero attached hydrogens (tertiary/aromatic N) is 5. The summed E-state index contributed by atoms with van der Waals surface area (Å²) >= 11 is 0. The number of amides is 1. The van der Waals surface area contributed by atoms with Gasteiger partial charge in [-0.3, -0.25) is 19.2 Å². The summed E-state index contributed by atoms with van der Waals surface area (Å²) in [6.45, 7) is 7.75. The third-order valence-corrected chi connectivity index (χ3v) is 5.04. The minimum Gasteiger partial charge on any atom is -0.340 e. The summed E-state index contributed by atoms with van der Waals surface area (Å²) in [7, 11) is 1.78. The van der Waals surface area contributed by atoms with Crippen LogP contribution >= 0.6 is 0 Å². The smallest absolute Gasteiger partial charge is 0.262 e. The Labute approximate surface area is 146 Å². The zero-order chi connectivity index (χ0) is 18.0. The van der Waals surface area contributed by atoms with E-state index < -0.39 is 0 Å². The largest absolute Gasteiger partial charge is 0.340 e. The number of aromatic nitrogens is 4. The average Bonchev–Trinajstić information content (AvgIpc) is 2.98. The second-order valence-electron chi connectivity index (χ2n) is 6.63. The summed E-state index contributed by atoms with van der Waals surface area (Å²) in [6, 6.07) is 0. The molecule has 8 heteroatoms. The van der Waals surface area contributed by atoms with Crippen LogP contribution in [-0.4, -0.2) is 61.6 Å². The van der Waals surface area contributed by atoms with Crippen LogP contribution in [0, 0.1) is 5.92 Å². The number of aromatic amines is 1. The molecule has 0 radical (unpaired) electrons. The first-order chi connectivity index (χ1) is 12.0. The summed E-state index contributed by atoms with van der Waals surface area (Å²) in [6.07, 6.45) is 3.32. The van der Waals surface area contributed by atoms with Crippen LogP contribution in [0.3, 0.4) is 0 Å². The highest BCUT2D eigenvalue weighted by atomic mass is 16.2. The van der Waals surface area contributed by atoms with Crippen molar-refractivity contribution in [3.05, 3.63) is 22.4 Å². The van der Waals surface area contributed by atoms with Gasteiger partial charge < -0.3 is 9.88 Å². The van der Waals surface area contributed by atoms with Crippen LogP contribution in [-0.2, 0) is 18.4 Å². The second kappa shape index (κ2) is 7.35. The molecule has 0 aromatic carbocycles. The topological polar surface area (TPSA) is 87.1 Å². The first-order valence-corrected chi connectivity index (χ1v) is 8.95. The molecule has 2 aromatic rings. The van der Waals surface area contributed by atoms with Crippen LogP contribution in [0.2, 0.25) is 0 Å². The summed E-state index contributed by atoms with van der Waals surface area (Å²) in [4.78, 5) is 36.1. The van der Waals surface area contributed by atoms with Gasteiger partial charge in [0.25, 0.3) is 5.56 Å². The molecule has 0 aliphatic carbocycles. The zero-order valence-electron chi connectivity index (χ0n) is 15.2. The van der Waals surface area contributed by atoms with Crippen LogP contribution in [0.25, 0.3) is 11.0 Å². The van der Waals surface area contributed by atoms with E-state index in [2.05, 4.69) is 33.8 Å². The maximum absolute atomic E-state index is 12.5. The minimum atomic E-state index is -0.157. The Morgan fingerprint density at radius 2 is 1.92 bits per heavy atom. The standard InChI is InChI=1S/C17H26N6O2/c1-4-12(5-2)17(25)23-8-6-22(7-9-23)11-14-19-15-13(16(24)20-14)10-18-21(15)3/h10,12H,4-9,11H2,1-3H3,(H,19,20,24). The Morgan fingerprint density at radius 3 is 2.56 bits per heavy atom. The summed E-state index contributed by atoms with van der Waals surface area (Å²) in [5.74, 6) is 1.05. The highest BCUT2D eigenvalue weighted by molar-refractivity contribution is 5.78. The Morgan fingerprint density at radius 1 is 1.24 bits per heavy atom. The van der Waals surface area contributed by atoms with Gasteiger partial charge >= 0.3 is 0 Å². The lowest BCUT2D eigenvalue weighted by atomic mass is 10.0. The Bertz CT molecular complexity index is 799. The summed E-state index contributed by atoms with van der Waals surface area (Å²) in [5, 5.41) is 4.59. The predicted molar refractivity (Wildman–Crippen MR) is 95.1 cm³/mol. The Hall–Kier alpha value is -2.22. The predicted octanol–water partition coefficient (Wildman–Crippen LogP) is 0.737. The molecule has 0 saturated carbocycles. The molecule has 3 rings (SSSR count). The maximum atomic E-state index is 12.5. The number of hydrogen-bond acceptors (Lipinski definition) is 5. The molecular weight excluding hydrogens is 320 g/mol. The van der Waals surface area contributed by atoms with Crippen molar-refractivity contribution >= 4 is 16.9 Å². The fourth-order valence-electron chi connectivity index (χ4n) is 3.39. The number of H-pyrrole nitrogens is 1. The third-order valence-electron chi connectivity index (χ3n) is 5.04. The molecule has 136 valence electrons. The minimum absolute atomic E-state index is 0.136. The number of aryl methyl sites for hydroxylation is 1. The van der Waals surface area contributed by atoms with Crippen LogP contribution in [0.4, 0.5) is 0 Å². The van der Waals surface area contributed by atoms with E-state index in [1.807, 2.05) is 4.90 Å². The monoisotopic (exact) mass is 346 g/mol. The lowest BCUT2D eigenvalue weighted by Crippen LogP contribution is -2.50. The number of rotatable bonds is 5. The molecular formula is C17H26N6O2. The van der Waals surface area contributed by atoms with Crippen molar-refractivity contribution in [3.8, 4) is 0 Å². The Kier molecular flexibility index (Phi) is 5.17. The van der Waals surface area contributed by atoms with Crippen LogP contribution in [0.5, 0.6) is 0 Å². The maximum Gasteiger partial charge on any atom is 0.262 e. The van der Waals surface area contributed by atoms with Crippen LogP contribution in [0.15, 0.2) is 11.0 Å². The van der Waals surface area contributed by atoms with E-state index in [1.165, 1.54) is 6.20 Å². The van der Waals surface area contributed by atoms with Gasteiger partial charge in [-0.05, 0) is 12.8 Å². The number of carbonyl (C=O) groups excluding carboxylic acids is 1.